The molecule has 0 unspecified atom stereocenters. The average Bonchev–Trinajstić information content (AvgIpc) is 2.85. The first-order valence-electron chi connectivity index (χ1n) is 6.33. The van der Waals surface area contributed by atoms with Gasteiger partial charge in [-0.1, -0.05) is 36.4 Å². The zero-order valence-electron chi connectivity index (χ0n) is 11.3. The molecule has 0 bridgehead atoms. The standard InChI is InChI=1S/C16H14N2O2/c1-11-8-9-13-14(16(19)20-2)15(17-18(13)10-11)12-6-4-3-5-7-12/h3-10H,1-2H3. The van der Waals surface area contributed by atoms with E-state index in [0.717, 1.165) is 16.6 Å². The Hall–Kier alpha value is -2.62. The SMILES string of the molecule is COC(=O)c1c(-c2ccccc2)nn2cc(C)ccc12. The van der Waals surface area contributed by atoms with Crippen molar-refractivity contribution in [2.75, 3.05) is 7.11 Å². The Bertz CT molecular complexity index is 776. The van der Waals surface area contributed by atoms with Crippen LogP contribution in [0.5, 0.6) is 0 Å². The molecule has 0 fully saturated rings. The monoisotopic (exact) mass is 266 g/mol. The molecule has 3 rings (SSSR count). The lowest BCUT2D eigenvalue weighted by molar-refractivity contribution is 0.0604. The molecule has 1 aromatic carbocycles. The number of hydrogen-bond donors (Lipinski definition) is 0. The quantitative estimate of drug-likeness (QED) is 0.669. The second-order valence-corrected chi connectivity index (χ2v) is 4.62. The summed E-state index contributed by atoms with van der Waals surface area (Å²) >= 11 is 0. The lowest BCUT2D eigenvalue weighted by Gasteiger charge is -2.01. The van der Waals surface area contributed by atoms with E-state index in [1.807, 2.05) is 55.6 Å². The molecular formula is C16H14N2O2. The maximum Gasteiger partial charge on any atom is 0.342 e. The Morgan fingerprint density at radius 3 is 2.60 bits per heavy atom. The van der Waals surface area contributed by atoms with Crippen molar-refractivity contribution in [3.63, 3.8) is 0 Å². The second kappa shape index (κ2) is 4.81. The summed E-state index contributed by atoms with van der Waals surface area (Å²) in [5.74, 6) is -0.372. The van der Waals surface area contributed by atoms with Crippen molar-refractivity contribution in [3.8, 4) is 11.3 Å². The van der Waals surface area contributed by atoms with E-state index in [0.29, 0.717) is 11.3 Å². The first-order valence-corrected chi connectivity index (χ1v) is 6.33. The average molecular weight is 266 g/mol. The predicted octanol–water partition coefficient (Wildman–Crippen LogP) is 3.10. The molecule has 0 N–H and O–H groups in total. The molecule has 20 heavy (non-hydrogen) atoms. The summed E-state index contributed by atoms with van der Waals surface area (Å²) in [6.45, 7) is 1.99. The summed E-state index contributed by atoms with van der Waals surface area (Å²) < 4.78 is 6.63. The van der Waals surface area contributed by atoms with Crippen LogP contribution in [0.3, 0.4) is 0 Å². The van der Waals surface area contributed by atoms with Crippen LogP contribution in [0, 0.1) is 6.92 Å². The van der Waals surface area contributed by atoms with Gasteiger partial charge in [0.2, 0.25) is 0 Å². The van der Waals surface area contributed by atoms with Crippen LogP contribution < -0.4 is 0 Å². The molecule has 4 heteroatoms. The molecular weight excluding hydrogens is 252 g/mol. The van der Waals surface area contributed by atoms with Crippen LogP contribution in [0.25, 0.3) is 16.8 Å². The highest BCUT2D eigenvalue weighted by Gasteiger charge is 2.21. The minimum atomic E-state index is -0.372. The van der Waals surface area contributed by atoms with Crippen LogP contribution in [0.4, 0.5) is 0 Å². The third kappa shape index (κ3) is 1.95. The number of benzene rings is 1. The number of esters is 1. The number of fused-ring (bicyclic) bond motifs is 1. The van der Waals surface area contributed by atoms with Gasteiger partial charge in [0.15, 0.2) is 0 Å². The fraction of sp³-hybridized carbons (Fsp3) is 0.125. The van der Waals surface area contributed by atoms with Gasteiger partial charge in [-0.15, -0.1) is 0 Å². The Labute approximate surface area is 116 Å². The number of ether oxygens (including phenoxy) is 1. The van der Waals surface area contributed by atoms with E-state index in [9.17, 15) is 4.79 Å². The van der Waals surface area contributed by atoms with Crippen molar-refractivity contribution in [3.05, 3.63) is 59.8 Å². The van der Waals surface area contributed by atoms with Crippen LogP contribution in [0.2, 0.25) is 0 Å². The van der Waals surface area contributed by atoms with Gasteiger partial charge >= 0.3 is 5.97 Å². The van der Waals surface area contributed by atoms with Crippen LogP contribution in [-0.2, 0) is 4.74 Å². The third-order valence-electron chi connectivity index (χ3n) is 3.21. The number of methoxy groups -OCH3 is 1. The van der Waals surface area contributed by atoms with Crippen LogP contribution >= 0.6 is 0 Å². The lowest BCUT2D eigenvalue weighted by atomic mass is 10.1. The van der Waals surface area contributed by atoms with E-state index in [2.05, 4.69) is 5.10 Å². The van der Waals surface area contributed by atoms with Gasteiger partial charge in [0.25, 0.3) is 0 Å². The smallest absolute Gasteiger partial charge is 0.342 e. The Morgan fingerprint density at radius 2 is 1.90 bits per heavy atom. The molecule has 2 aromatic heterocycles. The van der Waals surface area contributed by atoms with Crippen molar-refractivity contribution < 1.29 is 9.53 Å². The van der Waals surface area contributed by atoms with Crippen molar-refractivity contribution in [2.45, 2.75) is 6.92 Å². The Balaban J connectivity index is 2.33. The third-order valence-corrected chi connectivity index (χ3v) is 3.21. The molecule has 0 saturated heterocycles. The van der Waals surface area contributed by atoms with Gasteiger partial charge in [-0.05, 0) is 18.6 Å². The topological polar surface area (TPSA) is 43.6 Å². The molecule has 0 aliphatic carbocycles. The number of rotatable bonds is 2. The van der Waals surface area contributed by atoms with E-state index in [1.165, 1.54) is 7.11 Å². The number of pyridine rings is 1. The number of carbonyl (C=O) groups is 1. The number of hydrogen-bond acceptors (Lipinski definition) is 3. The maximum absolute atomic E-state index is 12.1. The fourth-order valence-electron chi connectivity index (χ4n) is 2.25. The molecule has 0 atom stereocenters. The number of nitrogens with zero attached hydrogens (tertiary/aromatic N) is 2. The van der Waals surface area contributed by atoms with Crippen molar-refractivity contribution in [1.29, 1.82) is 0 Å². The maximum atomic E-state index is 12.1. The minimum Gasteiger partial charge on any atom is -0.465 e. The van der Waals surface area contributed by atoms with Crippen LogP contribution in [0.15, 0.2) is 48.7 Å². The molecule has 4 nitrogen and oxygen atoms in total. The van der Waals surface area contributed by atoms with Gasteiger partial charge in [0.1, 0.15) is 11.3 Å². The van der Waals surface area contributed by atoms with Gasteiger partial charge in [0, 0.05) is 11.8 Å². The molecule has 100 valence electrons. The van der Waals surface area contributed by atoms with Crippen molar-refractivity contribution in [2.24, 2.45) is 0 Å². The molecule has 0 aliphatic heterocycles. The normalized spacial score (nSPS) is 10.7. The van der Waals surface area contributed by atoms with E-state index >= 15 is 0 Å². The Kier molecular flexibility index (Phi) is 2.99. The molecule has 0 saturated carbocycles. The fourth-order valence-corrected chi connectivity index (χ4v) is 2.25. The highest BCUT2D eigenvalue weighted by molar-refractivity contribution is 6.03. The zero-order chi connectivity index (χ0) is 14.1. The predicted molar refractivity (Wildman–Crippen MR) is 76.7 cm³/mol. The van der Waals surface area contributed by atoms with Crippen LogP contribution in [-0.4, -0.2) is 22.7 Å². The number of carbonyl (C=O) groups excluding carboxylic acids is 1. The van der Waals surface area contributed by atoms with E-state index in [1.54, 1.807) is 4.52 Å². The summed E-state index contributed by atoms with van der Waals surface area (Å²) in [5.41, 5.74) is 3.87. The largest absolute Gasteiger partial charge is 0.465 e. The summed E-state index contributed by atoms with van der Waals surface area (Å²) in [6, 6.07) is 13.5. The summed E-state index contributed by atoms with van der Waals surface area (Å²) in [5, 5.41) is 4.53. The van der Waals surface area contributed by atoms with Gasteiger partial charge in [-0.2, -0.15) is 5.10 Å². The molecule has 2 heterocycles. The van der Waals surface area contributed by atoms with E-state index in [4.69, 9.17) is 4.74 Å². The minimum absolute atomic E-state index is 0.372. The van der Waals surface area contributed by atoms with Gasteiger partial charge < -0.3 is 4.74 Å². The molecule has 0 amide bonds. The number of aryl methyl sites for hydroxylation is 1. The summed E-state index contributed by atoms with van der Waals surface area (Å²) in [6.07, 6.45) is 1.90. The van der Waals surface area contributed by atoms with E-state index in [-0.39, 0.29) is 5.97 Å². The van der Waals surface area contributed by atoms with Gasteiger partial charge in [-0.3, -0.25) is 0 Å². The number of aromatic nitrogens is 2. The van der Waals surface area contributed by atoms with Crippen LogP contribution in [0.1, 0.15) is 15.9 Å². The molecule has 0 radical (unpaired) electrons. The molecule has 0 aliphatic rings. The van der Waals surface area contributed by atoms with Crippen molar-refractivity contribution in [1.82, 2.24) is 9.61 Å². The zero-order valence-corrected chi connectivity index (χ0v) is 11.3. The second-order valence-electron chi connectivity index (χ2n) is 4.62. The summed E-state index contributed by atoms with van der Waals surface area (Å²) in [7, 11) is 1.38. The van der Waals surface area contributed by atoms with Gasteiger partial charge in [0.05, 0.1) is 12.6 Å². The highest BCUT2D eigenvalue weighted by Crippen LogP contribution is 2.27. The molecule has 3 aromatic rings. The first kappa shape index (κ1) is 12.4. The first-order chi connectivity index (χ1) is 9.70. The summed E-state index contributed by atoms with van der Waals surface area (Å²) in [4.78, 5) is 12.1. The van der Waals surface area contributed by atoms with E-state index < -0.39 is 0 Å². The highest BCUT2D eigenvalue weighted by atomic mass is 16.5. The lowest BCUT2D eigenvalue weighted by Crippen LogP contribution is -2.02. The van der Waals surface area contributed by atoms with Crippen molar-refractivity contribution >= 4 is 11.5 Å². The van der Waals surface area contributed by atoms with Gasteiger partial charge in [-0.25, -0.2) is 9.31 Å². The Morgan fingerprint density at radius 1 is 1.15 bits per heavy atom. The molecule has 0 spiro atoms.